The van der Waals surface area contributed by atoms with Crippen LogP contribution in [0.5, 0.6) is 0 Å². The topological polar surface area (TPSA) is 71.4 Å². The summed E-state index contributed by atoms with van der Waals surface area (Å²) in [5, 5.41) is 10.9. The van der Waals surface area contributed by atoms with Gasteiger partial charge in [-0.1, -0.05) is 29.8 Å². The summed E-state index contributed by atoms with van der Waals surface area (Å²) in [5.74, 6) is 0.354. The Balaban J connectivity index is 1.72. The zero-order valence-electron chi connectivity index (χ0n) is 16.0. The number of hydrogen-bond acceptors (Lipinski definition) is 4. The molecule has 4 nitrogen and oxygen atoms in total. The molecule has 4 aliphatic rings. The summed E-state index contributed by atoms with van der Waals surface area (Å²) in [6.07, 6.45) is 4.34. The fraction of sp³-hybridized carbons (Fsp3) is 0.857. The third-order valence-corrected chi connectivity index (χ3v) is 9.99. The smallest absolute Gasteiger partial charge is 0.175 e. The third kappa shape index (κ3) is 2.46. The van der Waals surface area contributed by atoms with Crippen molar-refractivity contribution in [2.75, 3.05) is 5.33 Å². The van der Waals surface area contributed by atoms with E-state index in [4.69, 9.17) is 11.6 Å². The van der Waals surface area contributed by atoms with Gasteiger partial charge in [0.1, 0.15) is 11.4 Å². The Hall–Kier alpha value is -0.260. The zero-order chi connectivity index (χ0) is 19.8. The highest BCUT2D eigenvalue weighted by atomic mass is 79.9. The van der Waals surface area contributed by atoms with E-state index in [1.165, 1.54) is 0 Å². The molecule has 4 rings (SSSR count). The van der Waals surface area contributed by atoms with Crippen molar-refractivity contribution in [1.29, 1.82) is 0 Å². The van der Waals surface area contributed by atoms with E-state index in [9.17, 15) is 19.5 Å². The Bertz CT molecular complexity index is 710. The van der Waals surface area contributed by atoms with Gasteiger partial charge in [0.15, 0.2) is 11.6 Å². The minimum absolute atomic E-state index is 0.0550. The molecule has 1 N–H and O–H groups in total. The van der Waals surface area contributed by atoms with Gasteiger partial charge in [-0.05, 0) is 55.3 Å². The van der Waals surface area contributed by atoms with Crippen LogP contribution in [0.15, 0.2) is 0 Å². The molecule has 4 fully saturated rings. The molecule has 0 bridgehead atoms. The van der Waals surface area contributed by atoms with E-state index in [0.29, 0.717) is 12.8 Å². The number of carbonyl (C=O) groups excluding carboxylic acids is 3. The molecule has 2 unspecified atom stereocenters. The molecular weight excluding hydrogens is 432 g/mol. The van der Waals surface area contributed by atoms with Gasteiger partial charge in [0.2, 0.25) is 0 Å². The van der Waals surface area contributed by atoms with Crippen LogP contribution in [0.3, 0.4) is 0 Å². The Kier molecular flexibility index (Phi) is 4.72. The lowest BCUT2D eigenvalue weighted by Gasteiger charge is -2.60. The minimum atomic E-state index is -1.42. The standard InChI is InChI=1S/C21H28BrClO4/c1-19-7-6-14(24)18(23)13(19)4-3-11-12-5-8-21(27,16(26)10-22)20(12,2)9-15(25)17(11)19/h11-13,17-18,27H,3-10H2,1-2H3/t11-,12-,13?,17+,18?,19-,20-,21-/m0/s1. The Morgan fingerprint density at radius 3 is 2.52 bits per heavy atom. The molecule has 150 valence electrons. The number of Topliss-reactive ketones (excluding diaryl/α,β-unsaturated/α-hetero) is 3. The first-order valence-electron chi connectivity index (χ1n) is 10.1. The number of hydrogen-bond donors (Lipinski definition) is 1. The molecule has 0 aromatic carbocycles. The molecular formula is C21H28BrClO4. The van der Waals surface area contributed by atoms with Gasteiger partial charge >= 0.3 is 0 Å². The van der Waals surface area contributed by atoms with Gasteiger partial charge in [-0.2, -0.15) is 0 Å². The van der Waals surface area contributed by atoms with Crippen molar-refractivity contribution in [2.45, 2.75) is 69.8 Å². The van der Waals surface area contributed by atoms with Crippen molar-refractivity contribution < 1.29 is 19.5 Å². The van der Waals surface area contributed by atoms with Crippen molar-refractivity contribution in [3.63, 3.8) is 0 Å². The number of halogens is 2. The second-order valence-electron chi connectivity index (χ2n) is 9.82. The molecule has 0 radical (unpaired) electrons. The van der Waals surface area contributed by atoms with Crippen LogP contribution in [0.1, 0.15) is 58.8 Å². The van der Waals surface area contributed by atoms with Crippen molar-refractivity contribution >= 4 is 44.9 Å². The van der Waals surface area contributed by atoms with E-state index >= 15 is 0 Å². The van der Waals surface area contributed by atoms with Crippen LogP contribution in [0.25, 0.3) is 0 Å². The maximum atomic E-state index is 13.5. The summed E-state index contributed by atoms with van der Waals surface area (Å²) in [4.78, 5) is 38.2. The van der Waals surface area contributed by atoms with Gasteiger partial charge in [-0.25, -0.2) is 0 Å². The highest BCUT2D eigenvalue weighted by molar-refractivity contribution is 9.09. The fourth-order valence-corrected chi connectivity index (χ4v) is 8.47. The quantitative estimate of drug-likeness (QED) is 0.639. The Morgan fingerprint density at radius 2 is 1.85 bits per heavy atom. The largest absolute Gasteiger partial charge is 0.381 e. The molecule has 6 heteroatoms. The molecule has 0 aromatic heterocycles. The number of ketones is 3. The van der Waals surface area contributed by atoms with Crippen LogP contribution in [-0.2, 0) is 14.4 Å². The number of fused-ring (bicyclic) bond motifs is 5. The van der Waals surface area contributed by atoms with Crippen molar-refractivity contribution in [3.05, 3.63) is 0 Å². The SMILES string of the molecule is C[C@]12CCC(=O)C(Cl)C1CC[C@@H]1[C@@H]2C(=O)C[C@@]2(C)[C@H]1CC[C@]2(O)C(=O)CBr. The van der Waals surface area contributed by atoms with Crippen LogP contribution in [0.2, 0.25) is 0 Å². The lowest BCUT2D eigenvalue weighted by molar-refractivity contribution is -0.176. The van der Waals surface area contributed by atoms with Gasteiger partial charge < -0.3 is 5.11 Å². The Morgan fingerprint density at radius 1 is 1.15 bits per heavy atom. The molecule has 0 aliphatic heterocycles. The fourth-order valence-electron chi connectivity index (χ4n) is 7.48. The lowest BCUT2D eigenvalue weighted by Crippen LogP contribution is -2.63. The molecule has 4 saturated carbocycles. The summed E-state index contributed by atoms with van der Waals surface area (Å²) in [7, 11) is 0. The van der Waals surface area contributed by atoms with Crippen LogP contribution in [0, 0.1) is 34.5 Å². The number of rotatable bonds is 2. The molecule has 0 aromatic rings. The molecule has 0 heterocycles. The first-order chi connectivity index (χ1) is 12.6. The third-order valence-electron chi connectivity index (χ3n) is 8.94. The molecule has 8 atom stereocenters. The monoisotopic (exact) mass is 458 g/mol. The van der Waals surface area contributed by atoms with E-state index in [0.717, 1.165) is 25.7 Å². The number of carbonyl (C=O) groups is 3. The molecule has 27 heavy (non-hydrogen) atoms. The van der Waals surface area contributed by atoms with E-state index in [-0.39, 0.29) is 58.2 Å². The molecule has 0 spiro atoms. The normalized spacial score (nSPS) is 52.1. The minimum Gasteiger partial charge on any atom is -0.381 e. The van der Waals surface area contributed by atoms with Gasteiger partial charge in [0, 0.05) is 24.2 Å². The van der Waals surface area contributed by atoms with Crippen LogP contribution in [-0.4, -0.2) is 38.8 Å². The molecule has 0 amide bonds. The number of alkyl halides is 2. The zero-order valence-corrected chi connectivity index (χ0v) is 18.3. The van der Waals surface area contributed by atoms with Crippen molar-refractivity contribution in [3.8, 4) is 0 Å². The number of aliphatic hydroxyl groups is 1. The van der Waals surface area contributed by atoms with Crippen LogP contribution in [0.4, 0.5) is 0 Å². The maximum absolute atomic E-state index is 13.5. The van der Waals surface area contributed by atoms with Gasteiger partial charge in [-0.3, -0.25) is 14.4 Å². The second kappa shape index (κ2) is 6.37. The lowest BCUT2D eigenvalue weighted by atomic mass is 9.44. The van der Waals surface area contributed by atoms with E-state index < -0.39 is 16.4 Å². The van der Waals surface area contributed by atoms with Gasteiger partial charge in [-0.15, -0.1) is 11.6 Å². The van der Waals surface area contributed by atoms with Crippen molar-refractivity contribution in [1.82, 2.24) is 0 Å². The summed E-state index contributed by atoms with van der Waals surface area (Å²) in [6.45, 7) is 4.10. The Labute approximate surface area is 173 Å². The first kappa shape index (κ1) is 20.0. The predicted molar refractivity (Wildman–Crippen MR) is 106 cm³/mol. The average molecular weight is 460 g/mol. The average Bonchev–Trinajstić information content (AvgIpc) is 2.89. The van der Waals surface area contributed by atoms with Gasteiger partial charge in [0.05, 0.1) is 10.7 Å². The summed E-state index contributed by atoms with van der Waals surface area (Å²) >= 11 is 9.71. The summed E-state index contributed by atoms with van der Waals surface area (Å²) in [6, 6.07) is 0. The predicted octanol–water partition coefficient (Wildman–Crippen LogP) is 3.69. The van der Waals surface area contributed by atoms with E-state index in [1.807, 2.05) is 6.92 Å². The van der Waals surface area contributed by atoms with Gasteiger partial charge in [0.25, 0.3) is 0 Å². The second-order valence-corrected chi connectivity index (χ2v) is 10.9. The molecule has 0 saturated heterocycles. The first-order valence-corrected chi connectivity index (χ1v) is 11.7. The van der Waals surface area contributed by atoms with E-state index in [1.54, 1.807) is 0 Å². The highest BCUT2D eigenvalue weighted by Crippen LogP contribution is 2.67. The van der Waals surface area contributed by atoms with E-state index in [2.05, 4.69) is 22.9 Å². The van der Waals surface area contributed by atoms with Crippen LogP contribution >= 0.6 is 27.5 Å². The summed E-state index contributed by atoms with van der Waals surface area (Å²) in [5.41, 5.74) is -2.36. The van der Waals surface area contributed by atoms with Crippen LogP contribution < -0.4 is 0 Å². The summed E-state index contributed by atoms with van der Waals surface area (Å²) < 4.78 is 0. The molecule has 4 aliphatic carbocycles. The maximum Gasteiger partial charge on any atom is 0.175 e. The van der Waals surface area contributed by atoms with Crippen molar-refractivity contribution in [2.24, 2.45) is 34.5 Å². The highest BCUT2D eigenvalue weighted by Gasteiger charge is 2.69.